The summed E-state index contributed by atoms with van der Waals surface area (Å²) in [4.78, 5) is 17.8. The van der Waals surface area contributed by atoms with Gasteiger partial charge >= 0.3 is 0 Å². The molecule has 1 aromatic heterocycles. The van der Waals surface area contributed by atoms with E-state index in [0.717, 1.165) is 43.2 Å². The number of amides is 1. The van der Waals surface area contributed by atoms with Gasteiger partial charge in [-0.2, -0.15) is 5.10 Å². The third-order valence-corrected chi connectivity index (χ3v) is 6.31. The van der Waals surface area contributed by atoms with Gasteiger partial charge in [-0.25, -0.2) is 0 Å². The van der Waals surface area contributed by atoms with Crippen LogP contribution in [0.2, 0.25) is 0 Å². The number of aryl methyl sites for hydroxylation is 2. The molecule has 5 nitrogen and oxygen atoms in total. The zero-order chi connectivity index (χ0) is 17.4. The lowest BCUT2D eigenvalue weighted by atomic mass is 9.79. The van der Waals surface area contributed by atoms with Gasteiger partial charge in [0.25, 0.3) is 5.91 Å². The van der Waals surface area contributed by atoms with Gasteiger partial charge < -0.3 is 9.80 Å². The van der Waals surface area contributed by atoms with E-state index in [-0.39, 0.29) is 5.91 Å². The van der Waals surface area contributed by atoms with Crippen molar-refractivity contribution in [2.24, 2.45) is 11.3 Å². The molecule has 1 amide bonds. The Morgan fingerprint density at radius 2 is 2.12 bits per heavy atom. The molecule has 3 heterocycles. The molecule has 3 fully saturated rings. The van der Waals surface area contributed by atoms with Gasteiger partial charge in [0, 0.05) is 44.3 Å². The van der Waals surface area contributed by atoms with Crippen LogP contribution >= 0.6 is 0 Å². The van der Waals surface area contributed by atoms with E-state index in [9.17, 15) is 4.79 Å². The third kappa shape index (κ3) is 3.62. The van der Waals surface area contributed by atoms with Gasteiger partial charge in [-0.3, -0.25) is 9.48 Å². The Hall–Kier alpha value is -1.36. The van der Waals surface area contributed by atoms with Crippen LogP contribution < -0.4 is 0 Å². The molecule has 1 aliphatic carbocycles. The average Bonchev–Trinajstić information content (AvgIpc) is 3.19. The van der Waals surface area contributed by atoms with E-state index in [2.05, 4.69) is 21.8 Å². The first-order chi connectivity index (χ1) is 12.1. The molecule has 0 radical (unpaired) electrons. The molecule has 138 valence electrons. The van der Waals surface area contributed by atoms with Gasteiger partial charge in [-0.1, -0.05) is 6.92 Å². The van der Waals surface area contributed by atoms with Crippen molar-refractivity contribution in [3.05, 3.63) is 17.5 Å². The Morgan fingerprint density at radius 3 is 2.88 bits per heavy atom. The van der Waals surface area contributed by atoms with Gasteiger partial charge in [-0.15, -0.1) is 0 Å². The first kappa shape index (κ1) is 17.1. The minimum Gasteiger partial charge on any atom is -0.338 e. The normalized spacial score (nSPS) is 27.4. The van der Waals surface area contributed by atoms with E-state index in [4.69, 9.17) is 0 Å². The number of carbonyl (C=O) groups is 1. The summed E-state index contributed by atoms with van der Waals surface area (Å²) in [5.41, 5.74) is 2.02. The number of carbonyl (C=O) groups excluding carboxylic acids is 1. The topological polar surface area (TPSA) is 41.4 Å². The van der Waals surface area contributed by atoms with E-state index in [1.54, 1.807) is 0 Å². The van der Waals surface area contributed by atoms with Crippen LogP contribution in [0.15, 0.2) is 6.20 Å². The summed E-state index contributed by atoms with van der Waals surface area (Å²) >= 11 is 0. The van der Waals surface area contributed by atoms with E-state index in [0.29, 0.717) is 5.41 Å². The van der Waals surface area contributed by atoms with E-state index in [1.807, 2.05) is 17.8 Å². The van der Waals surface area contributed by atoms with Gasteiger partial charge in [0.1, 0.15) is 0 Å². The van der Waals surface area contributed by atoms with E-state index < -0.39 is 0 Å². The number of hydrogen-bond acceptors (Lipinski definition) is 3. The second-order valence-corrected chi connectivity index (χ2v) is 8.65. The highest BCUT2D eigenvalue weighted by atomic mass is 16.2. The lowest BCUT2D eigenvalue weighted by Crippen LogP contribution is -2.46. The average molecular weight is 345 g/mol. The maximum atomic E-state index is 13.0. The molecule has 1 atom stereocenters. The van der Waals surface area contributed by atoms with Crippen molar-refractivity contribution in [1.29, 1.82) is 0 Å². The third-order valence-electron chi connectivity index (χ3n) is 6.31. The summed E-state index contributed by atoms with van der Waals surface area (Å²) in [7, 11) is 0. The van der Waals surface area contributed by atoms with Crippen molar-refractivity contribution in [3.63, 3.8) is 0 Å². The maximum absolute atomic E-state index is 13.0. The Morgan fingerprint density at radius 1 is 1.28 bits per heavy atom. The Bertz CT molecular complexity index is 636. The molecule has 0 bridgehead atoms. The monoisotopic (exact) mass is 344 g/mol. The fraction of sp³-hybridized carbons (Fsp3) is 0.800. The van der Waals surface area contributed by atoms with E-state index >= 15 is 0 Å². The van der Waals surface area contributed by atoms with Crippen LogP contribution in [-0.4, -0.2) is 58.2 Å². The van der Waals surface area contributed by atoms with Crippen LogP contribution in [0.1, 0.15) is 61.5 Å². The molecule has 1 aromatic rings. The molecular weight excluding hydrogens is 312 g/mol. The molecule has 5 heteroatoms. The van der Waals surface area contributed by atoms with Crippen molar-refractivity contribution in [1.82, 2.24) is 19.6 Å². The molecular formula is C20H32N4O. The zero-order valence-corrected chi connectivity index (χ0v) is 15.8. The predicted molar refractivity (Wildman–Crippen MR) is 98.6 cm³/mol. The number of hydrogen-bond donors (Lipinski definition) is 0. The van der Waals surface area contributed by atoms with Crippen molar-refractivity contribution in [3.8, 4) is 0 Å². The van der Waals surface area contributed by atoms with Gasteiger partial charge in [0.15, 0.2) is 0 Å². The molecule has 0 N–H and O–H groups in total. The summed E-state index contributed by atoms with van der Waals surface area (Å²) in [6, 6.07) is 0. The Kier molecular flexibility index (Phi) is 4.61. The Labute approximate surface area is 151 Å². The van der Waals surface area contributed by atoms with Crippen molar-refractivity contribution < 1.29 is 4.79 Å². The van der Waals surface area contributed by atoms with Crippen molar-refractivity contribution in [2.75, 3.05) is 32.7 Å². The molecule has 4 rings (SSSR count). The molecule has 3 aliphatic rings. The minimum absolute atomic E-state index is 0.191. The summed E-state index contributed by atoms with van der Waals surface area (Å²) in [6.07, 6.45) is 9.59. The fourth-order valence-corrected chi connectivity index (χ4v) is 4.81. The molecule has 2 saturated heterocycles. The van der Waals surface area contributed by atoms with Crippen molar-refractivity contribution >= 4 is 5.91 Å². The highest BCUT2D eigenvalue weighted by molar-refractivity contribution is 5.95. The smallest absolute Gasteiger partial charge is 0.257 e. The largest absolute Gasteiger partial charge is 0.338 e. The van der Waals surface area contributed by atoms with Crippen LogP contribution in [-0.2, 0) is 6.54 Å². The van der Waals surface area contributed by atoms with Crippen LogP contribution in [0.4, 0.5) is 0 Å². The van der Waals surface area contributed by atoms with Gasteiger partial charge in [0.2, 0.25) is 0 Å². The summed E-state index contributed by atoms with van der Waals surface area (Å²) in [5, 5.41) is 4.51. The predicted octanol–water partition coefficient (Wildman–Crippen LogP) is 2.94. The standard InChI is InChI=1S/C20H32N4O/c1-3-9-24-13-18(16(2)21-24)19(25)23-11-8-20(15-23)7-4-10-22(14-20)12-17-5-6-17/h13,17H,3-12,14-15H2,1-2H3. The highest BCUT2D eigenvalue weighted by Gasteiger charge is 2.43. The van der Waals surface area contributed by atoms with Crippen LogP contribution in [0.5, 0.6) is 0 Å². The van der Waals surface area contributed by atoms with E-state index in [1.165, 1.54) is 51.7 Å². The van der Waals surface area contributed by atoms with Crippen LogP contribution in [0, 0.1) is 18.3 Å². The number of likely N-dealkylation sites (tertiary alicyclic amines) is 2. The van der Waals surface area contributed by atoms with Crippen LogP contribution in [0.3, 0.4) is 0 Å². The lowest BCUT2D eigenvalue weighted by molar-refractivity contribution is 0.0680. The molecule has 25 heavy (non-hydrogen) atoms. The number of piperidine rings is 1. The lowest BCUT2D eigenvalue weighted by Gasteiger charge is -2.40. The molecule has 0 aromatic carbocycles. The first-order valence-electron chi connectivity index (χ1n) is 10.1. The summed E-state index contributed by atoms with van der Waals surface area (Å²) in [5.74, 6) is 1.15. The number of rotatable bonds is 5. The SMILES string of the molecule is CCCn1cc(C(=O)N2CCC3(CCCN(CC4CC4)C3)C2)c(C)n1. The molecule has 1 unspecified atom stereocenters. The summed E-state index contributed by atoms with van der Waals surface area (Å²) < 4.78 is 1.92. The number of nitrogens with zero attached hydrogens (tertiary/aromatic N) is 4. The fourth-order valence-electron chi connectivity index (χ4n) is 4.81. The van der Waals surface area contributed by atoms with Crippen molar-refractivity contribution in [2.45, 2.75) is 58.9 Å². The second kappa shape index (κ2) is 6.75. The highest BCUT2D eigenvalue weighted by Crippen LogP contribution is 2.41. The first-order valence-corrected chi connectivity index (χ1v) is 10.1. The van der Waals surface area contributed by atoms with Crippen LogP contribution in [0.25, 0.3) is 0 Å². The minimum atomic E-state index is 0.191. The summed E-state index contributed by atoms with van der Waals surface area (Å²) in [6.45, 7) is 10.6. The molecule has 2 aliphatic heterocycles. The second-order valence-electron chi connectivity index (χ2n) is 8.65. The van der Waals surface area contributed by atoms with Gasteiger partial charge in [-0.05, 0) is 57.9 Å². The maximum Gasteiger partial charge on any atom is 0.257 e. The molecule has 1 saturated carbocycles. The number of aromatic nitrogens is 2. The Balaban J connectivity index is 1.41. The molecule has 1 spiro atoms. The van der Waals surface area contributed by atoms with Gasteiger partial charge in [0.05, 0.1) is 11.3 Å². The quantitative estimate of drug-likeness (QED) is 0.825. The zero-order valence-electron chi connectivity index (χ0n) is 15.8.